The monoisotopic (exact) mass is 513 g/mol. The van der Waals surface area contributed by atoms with Crippen LogP contribution in [0.1, 0.15) is 28.5 Å². The van der Waals surface area contributed by atoms with Crippen LogP contribution in [0.15, 0.2) is 48.9 Å². The van der Waals surface area contributed by atoms with E-state index in [-0.39, 0.29) is 34.9 Å². The fourth-order valence-corrected chi connectivity index (χ4v) is 3.14. The molecule has 2 heterocycles. The van der Waals surface area contributed by atoms with Crippen LogP contribution in [0.2, 0.25) is 5.02 Å². The molecule has 0 saturated carbocycles. The summed E-state index contributed by atoms with van der Waals surface area (Å²) >= 11 is 5.91. The second-order valence-electron chi connectivity index (χ2n) is 7.06. The first-order valence-electron chi connectivity index (χ1n) is 9.98. The molecule has 2 aromatic heterocycles. The molecule has 0 bridgehead atoms. The number of alkyl halides is 3. The van der Waals surface area contributed by atoms with Gasteiger partial charge in [0.05, 0.1) is 28.4 Å². The summed E-state index contributed by atoms with van der Waals surface area (Å²) in [7, 11) is 0. The van der Waals surface area contributed by atoms with E-state index >= 15 is 0 Å². The van der Waals surface area contributed by atoms with Crippen molar-refractivity contribution >= 4 is 23.5 Å². The molecule has 0 saturated heterocycles. The van der Waals surface area contributed by atoms with Gasteiger partial charge in [-0.25, -0.2) is 18.6 Å². The summed E-state index contributed by atoms with van der Waals surface area (Å²) in [5, 5.41) is 2.95. The summed E-state index contributed by atoms with van der Waals surface area (Å²) in [5.74, 6) is -2.48. The maximum atomic E-state index is 14.5. The zero-order chi connectivity index (χ0) is 25.8. The highest BCUT2D eigenvalue weighted by Gasteiger charge is 2.31. The first kappa shape index (κ1) is 25.8. The van der Waals surface area contributed by atoms with Crippen molar-refractivity contribution in [3.63, 3.8) is 0 Å². The summed E-state index contributed by atoms with van der Waals surface area (Å²) in [6.45, 7) is 1.07. The smallest absolute Gasteiger partial charge is 0.331 e. The van der Waals surface area contributed by atoms with E-state index in [4.69, 9.17) is 11.6 Å². The molecule has 0 aliphatic rings. The Kier molecular flexibility index (Phi) is 7.85. The minimum atomic E-state index is -4.70. The molecule has 13 heteroatoms. The van der Waals surface area contributed by atoms with Crippen molar-refractivity contribution in [2.75, 3.05) is 6.54 Å². The molecule has 0 fully saturated rings. The van der Waals surface area contributed by atoms with Crippen molar-refractivity contribution in [1.82, 2.24) is 25.7 Å². The molecular weight excluding hydrogens is 497 g/mol. The van der Waals surface area contributed by atoms with Crippen LogP contribution < -0.4 is 10.7 Å². The Labute approximate surface area is 200 Å². The van der Waals surface area contributed by atoms with Gasteiger partial charge in [0, 0.05) is 36.3 Å². The Morgan fingerprint density at radius 1 is 1.09 bits per heavy atom. The molecule has 184 valence electrons. The minimum absolute atomic E-state index is 0.0586. The van der Waals surface area contributed by atoms with Crippen LogP contribution in [-0.4, -0.2) is 33.5 Å². The number of carbonyl (C=O) groups excluding carboxylic acids is 2. The number of halogens is 6. The van der Waals surface area contributed by atoms with Crippen LogP contribution in [0.3, 0.4) is 0 Å². The summed E-state index contributed by atoms with van der Waals surface area (Å²) < 4.78 is 66.7. The van der Waals surface area contributed by atoms with Gasteiger partial charge in [0.25, 0.3) is 5.91 Å². The van der Waals surface area contributed by atoms with E-state index in [1.165, 1.54) is 25.3 Å². The number of nitrogens with zero attached hydrogens (tertiary/aromatic N) is 3. The molecule has 0 aliphatic heterocycles. The predicted octanol–water partition coefficient (Wildman–Crippen LogP) is 4.97. The van der Waals surface area contributed by atoms with E-state index in [2.05, 4.69) is 20.7 Å². The van der Waals surface area contributed by atoms with E-state index < -0.39 is 40.9 Å². The molecule has 3 rings (SSSR count). The third kappa shape index (κ3) is 6.21. The standard InChI is InChI=1S/C22H17ClF5N5O2/c1-2-33(32-20(34)13-6-14(10-29-8-13)22(26,27)28)21(35)31-11-18-17(25)7-12(9-30-18)15-4-3-5-16(24)19(15)23/h3-10H,2,11H2,1H3,(H,31,35)(H,32,34). The highest BCUT2D eigenvalue weighted by molar-refractivity contribution is 6.33. The number of carbonyl (C=O) groups is 2. The van der Waals surface area contributed by atoms with Crippen molar-refractivity contribution in [2.45, 2.75) is 19.6 Å². The van der Waals surface area contributed by atoms with Crippen molar-refractivity contribution in [2.24, 2.45) is 0 Å². The van der Waals surface area contributed by atoms with E-state index in [9.17, 15) is 31.5 Å². The predicted molar refractivity (Wildman–Crippen MR) is 116 cm³/mol. The fourth-order valence-electron chi connectivity index (χ4n) is 2.90. The Morgan fingerprint density at radius 3 is 2.49 bits per heavy atom. The molecule has 2 N–H and O–H groups in total. The second kappa shape index (κ2) is 10.6. The second-order valence-corrected chi connectivity index (χ2v) is 7.44. The average Bonchev–Trinajstić information content (AvgIpc) is 2.82. The molecule has 7 nitrogen and oxygen atoms in total. The van der Waals surface area contributed by atoms with Crippen molar-refractivity contribution in [1.29, 1.82) is 0 Å². The molecule has 35 heavy (non-hydrogen) atoms. The largest absolute Gasteiger partial charge is 0.417 e. The maximum absolute atomic E-state index is 14.5. The number of amides is 3. The van der Waals surface area contributed by atoms with Gasteiger partial charge >= 0.3 is 12.2 Å². The number of nitrogens with one attached hydrogen (secondary N) is 2. The van der Waals surface area contributed by atoms with Crippen LogP contribution >= 0.6 is 11.6 Å². The summed E-state index contributed by atoms with van der Waals surface area (Å²) in [4.78, 5) is 32.0. The van der Waals surface area contributed by atoms with Gasteiger partial charge in [0.2, 0.25) is 0 Å². The number of hydrogen-bond acceptors (Lipinski definition) is 4. The maximum Gasteiger partial charge on any atom is 0.417 e. The number of pyridine rings is 2. The highest BCUT2D eigenvalue weighted by atomic mass is 35.5. The lowest BCUT2D eigenvalue weighted by Gasteiger charge is -2.22. The first-order valence-corrected chi connectivity index (χ1v) is 10.4. The quantitative estimate of drug-likeness (QED) is 0.372. The number of aromatic nitrogens is 2. The summed E-state index contributed by atoms with van der Waals surface area (Å²) in [5.41, 5.74) is 0.932. The van der Waals surface area contributed by atoms with Gasteiger partial charge in [-0.1, -0.05) is 23.7 Å². The third-order valence-electron chi connectivity index (χ3n) is 4.71. The Balaban J connectivity index is 1.66. The molecule has 0 spiro atoms. The normalized spacial score (nSPS) is 11.2. The summed E-state index contributed by atoms with van der Waals surface area (Å²) in [6, 6.07) is 4.87. The van der Waals surface area contributed by atoms with Crippen molar-refractivity contribution in [3.8, 4) is 11.1 Å². The molecule has 0 aliphatic carbocycles. The zero-order valence-corrected chi connectivity index (χ0v) is 18.7. The van der Waals surface area contributed by atoms with Gasteiger partial charge in [-0.2, -0.15) is 13.2 Å². The average molecular weight is 514 g/mol. The Hall–Kier alpha value is -3.80. The molecular formula is C22H17ClF5N5O2. The molecule has 0 radical (unpaired) electrons. The van der Waals surface area contributed by atoms with E-state index in [1.807, 2.05) is 0 Å². The SMILES string of the molecule is CCN(NC(=O)c1cncc(C(F)(F)F)c1)C(=O)NCc1ncc(-c2cccc(F)c2Cl)cc1F. The van der Waals surface area contributed by atoms with Crippen molar-refractivity contribution in [3.05, 3.63) is 82.4 Å². The van der Waals surface area contributed by atoms with Gasteiger partial charge in [-0.15, -0.1) is 0 Å². The number of urea groups is 1. The molecule has 0 unspecified atom stereocenters. The molecule has 3 amide bonds. The van der Waals surface area contributed by atoms with Crippen LogP contribution in [0.4, 0.5) is 26.7 Å². The van der Waals surface area contributed by atoms with Gasteiger partial charge < -0.3 is 5.32 Å². The summed E-state index contributed by atoms with van der Waals surface area (Å²) in [6.07, 6.45) is -1.96. The van der Waals surface area contributed by atoms with Gasteiger partial charge in [0.15, 0.2) is 0 Å². The van der Waals surface area contributed by atoms with Crippen LogP contribution in [0.5, 0.6) is 0 Å². The number of benzene rings is 1. The third-order valence-corrected chi connectivity index (χ3v) is 5.10. The highest BCUT2D eigenvalue weighted by Crippen LogP contribution is 2.30. The minimum Gasteiger partial charge on any atom is -0.331 e. The molecule has 0 atom stereocenters. The lowest BCUT2D eigenvalue weighted by molar-refractivity contribution is -0.137. The lowest BCUT2D eigenvalue weighted by Crippen LogP contribution is -2.50. The van der Waals surface area contributed by atoms with Gasteiger partial charge in [-0.05, 0) is 25.1 Å². The van der Waals surface area contributed by atoms with Crippen molar-refractivity contribution < 1.29 is 31.5 Å². The van der Waals surface area contributed by atoms with Crippen LogP contribution in [-0.2, 0) is 12.7 Å². The number of hydrogen-bond donors (Lipinski definition) is 2. The van der Waals surface area contributed by atoms with Crippen LogP contribution in [0.25, 0.3) is 11.1 Å². The molecule has 1 aromatic carbocycles. The lowest BCUT2D eigenvalue weighted by atomic mass is 10.1. The topological polar surface area (TPSA) is 87.2 Å². The Morgan fingerprint density at radius 2 is 1.83 bits per heavy atom. The molecule has 3 aromatic rings. The first-order chi connectivity index (χ1) is 16.5. The fraction of sp³-hybridized carbons (Fsp3) is 0.182. The van der Waals surface area contributed by atoms with Gasteiger partial charge in [0.1, 0.15) is 11.6 Å². The van der Waals surface area contributed by atoms with E-state index in [0.29, 0.717) is 12.3 Å². The number of hydrazine groups is 1. The van der Waals surface area contributed by atoms with Crippen LogP contribution in [0, 0.1) is 11.6 Å². The zero-order valence-electron chi connectivity index (χ0n) is 18.0. The Bertz CT molecular complexity index is 1260. The number of rotatable bonds is 5. The van der Waals surface area contributed by atoms with Gasteiger partial charge in [-0.3, -0.25) is 20.2 Å². The van der Waals surface area contributed by atoms with E-state index in [1.54, 1.807) is 0 Å². The van der Waals surface area contributed by atoms with E-state index in [0.717, 1.165) is 23.3 Å².